The van der Waals surface area contributed by atoms with Gasteiger partial charge in [-0.1, -0.05) is 18.2 Å². The largest absolute Gasteiger partial charge is 0.493 e. The Hall–Kier alpha value is -2.83. The number of carbonyl (C=O) groups excluding carboxylic acids is 1. The van der Waals surface area contributed by atoms with E-state index in [0.29, 0.717) is 18.0 Å². The van der Waals surface area contributed by atoms with Crippen LogP contribution in [0.1, 0.15) is 11.1 Å². The van der Waals surface area contributed by atoms with Gasteiger partial charge in [-0.25, -0.2) is 0 Å². The summed E-state index contributed by atoms with van der Waals surface area (Å²) in [5.41, 5.74) is 1.81. The molecule has 0 aromatic heterocycles. The molecule has 0 radical (unpaired) electrons. The molecular formula is C19H21F2NO4. The van der Waals surface area contributed by atoms with Crippen molar-refractivity contribution in [1.82, 2.24) is 4.90 Å². The highest BCUT2D eigenvalue weighted by molar-refractivity contribution is 5.77. The molecule has 7 heteroatoms. The van der Waals surface area contributed by atoms with Crippen molar-refractivity contribution in [2.45, 2.75) is 20.1 Å². The first-order valence-electron chi connectivity index (χ1n) is 7.94. The Morgan fingerprint density at radius 2 is 1.81 bits per heavy atom. The Labute approximate surface area is 151 Å². The third-order valence-electron chi connectivity index (χ3n) is 3.66. The fourth-order valence-corrected chi connectivity index (χ4v) is 2.28. The van der Waals surface area contributed by atoms with Crippen molar-refractivity contribution in [3.63, 3.8) is 0 Å². The third kappa shape index (κ3) is 5.61. The Morgan fingerprint density at radius 3 is 2.42 bits per heavy atom. The lowest BCUT2D eigenvalue weighted by atomic mass is 10.2. The first-order valence-corrected chi connectivity index (χ1v) is 7.94. The van der Waals surface area contributed by atoms with E-state index in [1.807, 2.05) is 19.1 Å². The smallest absolute Gasteiger partial charge is 0.387 e. The molecule has 0 fully saturated rings. The van der Waals surface area contributed by atoms with Gasteiger partial charge in [-0.3, -0.25) is 4.79 Å². The number of carbonyl (C=O) groups is 1. The predicted molar refractivity (Wildman–Crippen MR) is 92.8 cm³/mol. The average Bonchev–Trinajstić information content (AvgIpc) is 2.61. The average molecular weight is 365 g/mol. The molecule has 26 heavy (non-hydrogen) atoms. The van der Waals surface area contributed by atoms with Crippen LogP contribution in [0.25, 0.3) is 0 Å². The maximum absolute atomic E-state index is 12.2. The summed E-state index contributed by atoms with van der Waals surface area (Å²) in [7, 11) is 3.18. The van der Waals surface area contributed by atoms with E-state index in [4.69, 9.17) is 9.47 Å². The molecule has 1 amide bonds. The molecule has 0 saturated heterocycles. The predicted octanol–water partition coefficient (Wildman–Crippen LogP) is 3.64. The molecule has 0 bridgehead atoms. The number of ether oxygens (including phenoxy) is 3. The van der Waals surface area contributed by atoms with Gasteiger partial charge in [-0.2, -0.15) is 8.78 Å². The van der Waals surface area contributed by atoms with E-state index in [1.165, 1.54) is 24.1 Å². The Kier molecular flexibility index (Phi) is 6.77. The molecular weight excluding hydrogens is 344 g/mol. The lowest BCUT2D eigenvalue weighted by molar-refractivity contribution is -0.132. The van der Waals surface area contributed by atoms with Crippen LogP contribution in [-0.2, 0) is 11.3 Å². The normalized spacial score (nSPS) is 10.5. The second kappa shape index (κ2) is 9.03. The highest BCUT2D eigenvalue weighted by atomic mass is 19.3. The van der Waals surface area contributed by atoms with Gasteiger partial charge >= 0.3 is 6.61 Å². The van der Waals surface area contributed by atoms with Crippen molar-refractivity contribution in [2.24, 2.45) is 0 Å². The van der Waals surface area contributed by atoms with Gasteiger partial charge in [0.05, 0.1) is 7.11 Å². The van der Waals surface area contributed by atoms with Crippen molar-refractivity contribution < 1.29 is 27.8 Å². The molecule has 0 heterocycles. The monoisotopic (exact) mass is 365 g/mol. The van der Waals surface area contributed by atoms with E-state index in [9.17, 15) is 13.6 Å². The number of benzene rings is 2. The van der Waals surface area contributed by atoms with Crippen LogP contribution < -0.4 is 14.2 Å². The standard InChI is InChI=1S/C19H21F2NO4/c1-13-4-9-16(17(10-13)24-3)25-12-18(23)22(2)11-14-5-7-15(8-6-14)26-19(20)21/h4-10,19H,11-12H2,1-3H3. The van der Waals surface area contributed by atoms with Crippen LogP contribution in [0.5, 0.6) is 17.2 Å². The molecule has 2 rings (SSSR count). The molecule has 0 aliphatic carbocycles. The molecule has 0 spiro atoms. The van der Waals surface area contributed by atoms with Crippen molar-refractivity contribution in [2.75, 3.05) is 20.8 Å². The Bertz CT molecular complexity index is 735. The molecule has 0 aliphatic heterocycles. The number of nitrogens with zero attached hydrogens (tertiary/aromatic N) is 1. The van der Waals surface area contributed by atoms with Crippen molar-refractivity contribution in [1.29, 1.82) is 0 Å². The lowest BCUT2D eigenvalue weighted by Crippen LogP contribution is -2.31. The van der Waals surface area contributed by atoms with Crippen molar-refractivity contribution in [3.05, 3.63) is 53.6 Å². The van der Waals surface area contributed by atoms with Crippen LogP contribution in [-0.4, -0.2) is 38.2 Å². The molecule has 0 unspecified atom stereocenters. The molecule has 2 aromatic rings. The molecule has 140 valence electrons. The second-order valence-corrected chi connectivity index (χ2v) is 5.72. The minimum Gasteiger partial charge on any atom is -0.493 e. The van der Waals surface area contributed by atoms with Crippen LogP contribution in [0.15, 0.2) is 42.5 Å². The molecule has 2 aromatic carbocycles. The zero-order chi connectivity index (χ0) is 19.1. The van der Waals surface area contributed by atoms with E-state index < -0.39 is 6.61 Å². The number of rotatable bonds is 8. The minimum absolute atomic E-state index is 0.0764. The quantitative estimate of drug-likeness (QED) is 0.717. The summed E-state index contributed by atoms with van der Waals surface area (Å²) in [5, 5.41) is 0. The van der Waals surface area contributed by atoms with E-state index in [0.717, 1.165) is 11.1 Å². The van der Waals surface area contributed by atoms with E-state index in [1.54, 1.807) is 25.2 Å². The topological polar surface area (TPSA) is 48.0 Å². The number of hydrogen-bond donors (Lipinski definition) is 0. The fraction of sp³-hybridized carbons (Fsp3) is 0.316. The summed E-state index contributed by atoms with van der Waals surface area (Å²) in [5.74, 6) is 0.913. The maximum atomic E-state index is 12.2. The van der Waals surface area contributed by atoms with Gasteiger partial charge in [0.1, 0.15) is 5.75 Å². The van der Waals surface area contributed by atoms with Gasteiger partial charge in [-0.05, 0) is 42.3 Å². The Balaban J connectivity index is 1.89. The highest BCUT2D eigenvalue weighted by Crippen LogP contribution is 2.27. The summed E-state index contributed by atoms with van der Waals surface area (Å²) in [6.07, 6.45) is 0. The van der Waals surface area contributed by atoms with Crippen molar-refractivity contribution in [3.8, 4) is 17.2 Å². The third-order valence-corrected chi connectivity index (χ3v) is 3.66. The summed E-state index contributed by atoms with van der Waals surface area (Å²) >= 11 is 0. The van der Waals surface area contributed by atoms with E-state index in [2.05, 4.69) is 4.74 Å². The number of alkyl halides is 2. The summed E-state index contributed by atoms with van der Waals surface area (Å²) in [6, 6.07) is 11.6. The number of halogens is 2. The van der Waals surface area contributed by atoms with Crippen LogP contribution in [0, 0.1) is 6.92 Å². The number of methoxy groups -OCH3 is 1. The van der Waals surface area contributed by atoms with Gasteiger partial charge in [0, 0.05) is 13.6 Å². The zero-order valence-corrected chi connectivity index (χ0v) is 14.9. The molecule has 5 nitrogen and oxygen atoms in total. The first-order chi connectivity index (χ1) is 12.4. The van der Waals surface area contributed by atoms with Gasteiger partial charge in [0.15, 0.2) is 18.1 Å². The van der Waals surface area contributed by atoms with Crippen LogP contribution in [0.2, 0.25) is 0 Å². The zero-order valence-electron chi connectivity index (χ0n) is 14.9. The summed E-state index contributed by atoms with van der Waals surface area (Å²) < 4.78 is 39.4. The molecule has 0 saturated carbocycles. The van der Waals surface area contributed by atoms with E-state index >= 15 is 0 Å². The van der Waals surface area contributed by atoms with Gasteiger partial charge in [0.25, 0.3) is 5.91 Å². The number of hydrogen-bond acceptors (Lipinski definition) is 4. The van der Waals surface area contributed by atoms with Crippen LogP contribution in [0.3, 0.4) is 0 Å². The van der Waals surface area contributed by atoms with Gasteiger partial charge < -0.3 is 19.1 Å². The second-order valence-electron chi connectivity index (χ2n) is 5.72. The lowest BCUT2D eigenvalue weighted by Gasteiger charge is -2.18. The molecule has 0 aliphatic rings. The highest BCUT2D eigenvalue weighted by Gasteiger charge is 2.13. The van der Waals surface area contributed by atoms with Crippen LogP contribution >= 0.6 is 0 Å². The Morgan fingerprint density at radius 1 is 1.12 bits per heavy atom. The number of amides is 1. The molecule has 0 atom stereocenters. The fourth-order valence-electron chi connectivity index (χ4n) is 2.28. The van der Waals surface area contributed by atoms with Gasteiger partial charge in [0.2, 0.25) is 0 Å². The number of likely N-dealkylation sites (N-methyl/N-ethyl adjacent to an activating group) is 1. The SMILES string of the molecule is COc1cc(C)ccc1OCC(=O)N(C)Cc1ccc(OC(F)F)cc1. The summed E-state index contributed by atoms with van der Waals surface area (Å²) in [4.78, 5) is 13.7. The minimum atomic E-state index is -2.86. The summed E-state index contributed by atoms with van der Waals surface area (Å²) in [6.45, 7) is -0.742. The van der Waals surface area contributed by atoms with E-state index in [-0.39, 0.29) is 18.3 Å². The van der Waals surface area contributed by atoms with Gasteiger partial charge in [-0.15, -0.1) is 0 Å². The number of aryl methyl sites for hydroxylation is 1. The molecule has 0 N–H and O–H groups in total. The maximum Gasteiger partial charge on any atom is 0.387 e. The van der Waals surface area contributed by atoms with Crippen LogP contribution in [0.4, 0.5) is 8.78 Å². The van der Waals surface area contributed by atoms with Crippen molar-refractivity contribution >= 4 is 5.91 Å². The first kappa shape index (κ1) is 19.5.